The Balaban J connectivity index is 0.00000272. The molecule has 2 atom stereocenters. The minimum atomic E-state index is -1.43. The van der Waals surface area contributed by atoms with E-state index in [-0.39, 0.29) is 47.6 Å². The van der Waals surface area contributed by atoms with Crippen molar-refractivity contribution in [1.29, 1.82) is 0 Å². The first-order valence-corrected chi connectivity index (χ1v) is 11.0. The minimum Gasteiger partial charge on any atom is -0.543 e. The van der Waals surface area contributed by atoms with Crippen molar-refractivity contribution in [3.8, 4) is 0 Å². The zero-order chi connectivity index (χ0) is 21.3. The van der Waals surface area contributed by atoms with E-state index in [9.17, 15) is 19.5 Å². The molecule has 2 aromatic rings. The van der Waals surface area contributed by atoms with Crippen LogP contribution in [0.4, 0.5) is 0 Å². The third-order valence-corrected chi connectivity index (χ3v) is 7.06. The summed E-state index contributed by atoms with van der Waals surface area (Å²) >= 11 is 2.50. The van der Waals surface area contributed by atoms with E-state index in [1.807, 2.05) is 37.3 Å². The van der Waals surface area contributed by atoms with Crippen LogP contribution in [0.2, 0.25) is 0 Å². The fourth-order valence-corrected chi connectivity index (χ4v) is 5.69. The van der Waals surface area contributed by atoms with Gasteiger partial charge in [0.25, 0.3) is 5.91 Å². The normalized spacial score (nSPS) is 19.8. The van der Waals surface area contributed by atoms with Gasteiger partial charge in [-0.1, -0.05) is 42.1 Å². The molecule has 2 aliphatic rings. The Bertz CT molecular complexity index is 1050. The first-order chi connectivity index (χ1) is 14.4. The first-order valence-electron chi connectivity index (χ1n) is 9.14. The molecule has 8 nitrogen and oxygen atoms in total. The van der Waals surface area contributed by atoms with Crippen LogP contribution in [0.25, 0.3) is 0 Å². The van der Waals surface area contributed by atoms with E-state index >= 15 is 0 Å². The fraction of sp³-hybridized carbons (Fsp3) is 0.250. The largest absolute Gasteiger partial charge is 1.00 e. The molecule has 1 fully saturated rings. The number of hydrogen-bond acceptors (Lipinski definition) is 8. The molecule has 1 N–H and O–H groups in total. The van der Waals surface area contributed by atoms with Crippen LogP contribution in [0.5, 0.6) is 0 Å². The molecule has 2 amide bonds. The first kappa shape index (κ1) is 23.8. The summed E-state index contributed by atoms with van der Waals surface area (Å²) in [4.78, 5) is 46.9. The van der Waals surface area contributed by atoms with E-state index in [1.165, 1.54) is 16.7 Å². The Morgan fingerprint density at radius 2 is 2.03 bits per heavy atom. The molecule has 11 heteroatoms. The molecular weight excluding hydrogens is 447 g/mol. The van der Waals surface area contributed by atoms with Crippen molar-refractivity contribution in [1.82, 2.24) is 20.2 Å². The van der Waals surface area contributed by atoms with Crippen molar-refractivity contribution in [2.75, 3.05) is 5.75 Å². The van der Waals surface area contributed by atoms with Gasteiger partial charge in [0.05, 0.1) is 18.1 Å². The zero-order valence-electron chi connectivity index (χ0n) is 16.9. The van der Waals surface area contributed by atoms with Gasteiger partial charge in [-0.25, -0.2) is 9.97 Å². The molecule has 0 bridgehead atoms. The number of carboxylic acids is 1. The van der Waals surface area contributed by atoms with Gasteiger partial charge in [0.2, 0.25) is 5.91 Å². The average molecular weight is 465 g/mol. The van der Waals surface area contributed by atoms with Crippen LogP contribution in [-0.2, 0) is 20.8 Å². The summed E-state index contributed by atoms with van der Waals surface area (Å²) in [5.74, 6) is -1.83. The number of amides is 2. The molecule has 1 aromatic heterocycles. The van der Waals surface area contributed by atoms with E-state index in [1.54, 1.807) is 12.3 Å². The second-order valence-electron chi connectivity index (χ2n) is 6.76. The van der Waals surface area contributed by atoms with Gasteiger partial charge in [0.15, 0.2) is 5.16 Å². The van der Waals surface area contributed by atoms with Gasteiger partial charge < -0.3 is 15.2 Å². The SMILES string of the molecule is Cc1ccnc(SC2=C(C(=O)[O-])N3C(=O)C(NC(=O)Cc4ccccc4)[C@H]3SC2)n1.[Na+]. The Hall–Kier alpha value is -1.85. The number of fused-ring (bicyclic) bond motifs is 1. The summed E-state index contributed by atoms with van der Waals surface area (Å²) in [6.45, 7) is 1.81. The summed E-state index contributed by atoms with van der Waals surface area (Å²) in [7, 11) is 0. The molecule has 31 heavy (non-hydrogen) atoms. The fourth-order valence-electron chi connectivity index (χ4n) is 3.25. The molecule has 2 aliphatic heterocycles. The van der Waals surface area contributed by atoms with E-state index in [2.05, 4.69) is 15.3 Å². The number of nitrogens with zero attached hydrogens (tertiary/aromatic N) is 3. The minimum absolute atomic E-state index is 0. The molecule has 1 unspecified atom stereocenters. The molecule has 3 heterocycles. The third kappa shape index (κ3) is 5.15. The van der Waals surface area contributed by atoms with Crippen molar-refractivity contribution in [2.45, 2.75) is 29.9 Å². The number of nitrogens with one attached hydrogen (secondary N) is 1. The van der Waals surface area contributed by atoms with Gasteiger partial charge in [-0.2, -0.15) is 0 Å². The van der Waals surface area contributed by atoms with Gasteiger partial charge in [-0.3, -0.25) is 14.5 Å². The molecule has 0 radical (unpaired) electrons. The second kappa shape index (κ2) is 10.2. The van der Waals surface area contributed by atoms with E-state index < -0.39 is 23.3 Å². The summed E-state index contributed by atoms with van der Waals surface area (Å²) in [5, 5.41) is 14.5. The zero-order valence-corrected chi connectivity index (χ0v) is 20.5. The maximum Gasteiger partial charge on any atom is 1.00 e. The van der Waals surface area contributed by atoms with Crippen LogP contribution in [0, 0.1) is 6.92 Å². The van der Waals surface area contributed by atoms with Crippen molar-refractivity contribution in [3.63, 3.8) is 0 Å². The molecular formula is C20H17N4NaO4S2. The Morgan fingerprint density at radius 1 is 1.29 bits per heavy atom. The number of hydrogen-bond donors (Lipinski definition) is 1. The molecule has 4 rings (SSSR count). The van der Waals surface area contributed by atoms with Crippen molar-refractivity contribution in [3.05, 3.63) is 64.5 Å². The number of benzene rings is 1. The molecule has 0 spiro atoms. The molecule has 0 saturated carbocycles. The Kier molecular flexibility index (Phi) is 7.82. The molecule has 1 saturated heterocycles. The van der Waals surface area contributed by atoms with Gasteiger partial charge in [0.1, 0.15) is 11.4 Å². The number of aliphatic carboxylic acids is 1. The van der Waals surface area contributed by atoms with E-state index in [4.69, 9.17) is 0 Å². The number of rotatable bonds is 6. The number of carbonyl (C=O) groups is 3. The Labute approximate surface area is 209 Å². The van der Waals surface area contributed by atoms with Crippen LogP contribution in [0.1, 0.15) is 11.3 Å². The van der Waals surface area contributed by atoms with Gasteiger partial charge in [-0.05, 0) is 18.6 Å². The van der Waals surface area contributed by atoms with Gasteiger partial charge in [-0.15, -0.1) is 11.8 Å². The summed E-state index contributed by atoms with van der Waals surface area (Å²) in [6.07, 6.45) is 1.74. The number of β-lactam (4-membered cyclic amide) rings is 1. The van der Waals surface area contributed by atoms with Crippen LogP contribution < -0.4 is 40.0 Å². The number of aromatic nitrogens is 2. The molecule has 0 aliphatic carbocycles. The summed E-state index contributed by atoms with van der Waals surface area (Å²) < 4.78 is 0. The monoisotopic (exact) mass is 464 g/mol. The van der Waals surface area contributed by atoms with Crippen LogP contribution >= 0.6 is 23.5 Å². The van der Waals surface area contributed by atoms with Gasteiger partial charge >= 0.3 is 29.6 Å². The summed E-state index contributed by atoms with van der Waals surface area (Å²) in [6, 6.07) is 10.2. The number of thioether (sulfide) groups is 2. The molecule has 154 valence electrons. The quantitative estimate of drug-likeness (QED) is 0.283. The molecule has 1 aromatic carbocycles. The predicted molar refractivity (Wildman–Crippen MR) is 110 cm³/mol. The number of aryl methyl sites for hydroxylation is 1. The topological polar surface area (TPSA) is 115 Å². The van der Waals surface area contributed by atoms with Crippen molar-refractivity contribution < 1.29 is 49.0 Å². The number of carbonyl (C=O) groups excluding carboxylic acids is 3. The maximum absolute atomic E-state index is 12.7. The van der Waals surface area contributed by atoms with E-state index in [0.29, 0.717) is 15.8 Å². The second-order valence-corrected chi connectivity index (χ2v) is 8.93. The standard InChI is InChI=1S/C20H18N4O4S2.Na/c1-11-7-8-21-20(22-11)30-13-10-29-18-15(17(26)24(18)16(13)19(27)28)23-14(25)9-12-5-3-2-4-6-12;/h2-8,15,18H,9-10H2,1H3,(H,23,25)(H,27,28);/q;+1/p-1/t15?,18-;/m1./s1. The Morgan fingerprint density at radius 3 is 2.71 bits per heavy atom. The van der Waals surface area contributed by atoms with Crippen LogP contribution in [0.3, 0.4) is 0 Å². The average Bonchev–Trinajstić information content (AvgIpc) is 2.72. The van der Waals surface area contributed by atoms with Crippen molar-refractivity contribution in [2.24, 2.45) is 0 Å². The van der Waals surface area contributed by atoms with Gasteiger partial charge in [0, 0.05) is 22.5 Å². The number of carboxylic acid groups (broad SMARTS) is 1. The predicted octanol–water partition coefficient (Wildman–Crippen LogP) is -2.51. The van der Waals surface area contributed by atoms with E-state index in [0.717, 1.165) is 23.0 Å². The third-order valence-electron chi connectivity index (χ3n) is 4.64. The van der Waals surface area contributed by atoms with Crippen LogP contribution in [0.15, 0.2) is 58.4 Å². The summed E-state index contributed by atoms with van der Waals surface area (Å²) in [5.41, 5.74) is 1.42. The van der Waals surface area contributed by atoms with Crippen molar-refractivity contribution >= 4 is 41.3 Å². The smallest absolute Gasteiger partial charge is 0.543 e. The maximum atomic E-state index is 12.7. The van der Waals surface area contributed by atoms with Crippen LogP contribution in [-0.4, -0.2) is 49.8 Å².